The Balaban J connectivity index is 0.000000560. The SMILES string of the molecule is O.S=C(Cl)Cl.[2H]c1cc([N+]#[C-])c(C(F)(F)F)c([2H])c1N.[2H]c1cc([N+]#[C-])c(C(F)(F)F)c([2H])c1N=C=S.[2H]c1cc([N+]#[C-])c(C)c([2H])c1N1C(=O)C(C)(C)N(c2ccc(C(=O)NC)c(F)c2)C1=S.[C-]#[N+]c1ccc(N)cc1C(F)(F)F. The number of amides is 2. The summed E-state index contributed by atoms with van der Waals surface area (Å²) in [4.78, 5) is 42.2. The molecule has 7 N–H and O–H groups in total. The van der Waals surface area contributed by atoms with Crippen molar-refractivity contribution in [3.8, 4) is 0 Å². The number of rotatable bonds is 4. The van der Waals surface area contributed by atoms with E-state index in [1.165, 1.54) is 36.2 Å². The lowest BCUT2D eigenvalue weighted by atomic mass is 10.0. The van der Waals surface area contributed by atoms with Crippen molar-refractivity contribution in [3.63, 3.8) is 0 Å². The molecule has 0 spiro atoms. The molecule has 2 amide bonds. The van der Waals surface area contributed by atoms with E-state index in [9.17, 15) is 53.5 Å². The zero-order valence-electron chi connectivity index (χ0n) is 44.1. The Morgan fingerprint density at radius 1 is 0.760 bits per heavy atom. The first kappa shape index (κ1) is 55.0. The van der Waals surface area contributed by atoms with Gasteiger partial charge in [-0.15, -0.1) is 0 Å². The van der Waals surface area contributed by atoms with E-state index in [2.05, 4.69) is 54.1 Å². The molecule has 0 saturated carbocycles. The summed E-state index contributed by atoms with van der Waals surface area (Å²) >= 11 is 23.4. The molecule has 0 atom stereocenters. The summed E-state index contributed by atoms with van der Waals surface area (Å²) < 4.78 is 172. The summed E-state index contributed by atoms with van der Waals surface area (Å²) in [6, 6.07) is 6.41. The van der Waals surface area contributed by atoms with Gasteiger partial charge in [-0.25, -0.2) is 23.8 Å². The van der Waals surface area contributed by atoms with Crippen LogP contribution in [0.4, 0.5) is 95.1 Å². The number of hydrogen-bond donors (Lipinski definition) is 3. The minimum atomic E-state index is -4.85. The second-order valence-electron chi connectivity index (χ2n) is 14.1. The van der Waals surface area contributed by atoms with Gasteiger partial charge in [0.05, 0.1) is 67.6 Å². The zero-order valence-corrected chi connectivity index (χ0v) is 42.0. The highest BCUT2D eigenvalue weighted by molar-refractivity contribution is 7.86. The first-order valence-corrected chi connectivity index (χ1v) is 21.1. The summed E-state index contributed by atoms with van der Waals surface area (Å²) in [6.07, 6.45) is -14.2. The number of carbonyl (C=O) groups is 2. The lowest BCUT2D eigenvalue weighted by Gasteiger charge is -2.29. The molecule has 0 aliphatic carbocycles. The lowest BCUT2D eigenvalue weighted by Crippen LogP contribution is -2.44. The number of aliphatic imine (C=N–C) groups is 1. The topological polar surface area (TPSA) is 166 Å². The van der Waals surface area contributed by atoms with Crippen LogP contribution in [0.25, 0.3) is 19.4 Å². The molecule has 1 saturated heterocycles. The summed E-state index contributed by atoms with van der Waals surface area (Å²) in [7, 11) is 1.39. The van der Waals surface area contributed by atoms with E-state index in [4.69, 9.17) is 81.4 Å². The van der Waals surface area contributed by atoms with E-state index in [0.29, 0.717) is 17.7 Å². The number of carbonyl (C=O) groups excluding carboxylic acids is 2. The summed E-state index contributed by atoms with van der Waals surface area (Å²) in [5, 5.41) is 4.13. The van der Waals surface area contributed by atoms with Crippen molar-refractivity contribution in [3.05, 3.63) is 170 Å². The average Bonchev–Trinajstić information content (AvgIpc) is 3.52. The van der Waals surface area contributed by atoms with Crippen LogP contribution in [-0.2, 0) is 23.3 Å². The van der Waals surface area contributed by atoms with Crippen molar-refractivity contribution in [1.82, 2.24) is 5.32 Å². The van der Waals surface area contributed by atoms with Crippen LogP contribution in [0.15, 0.2) is 95.8 Å². The van der Waals surface area contributed by atoms with Crippen molar-refractivity contribution in [1.29, 1.82) is 0 Å². The third-order valence-electron chi connectivity index (χ3n) is 8.87. The van der Waals surface area contributed by atoms with Gasteiger partial charge in [-0.2, -0.15) is 44.5 Å². The number of alkyl halides is 9. The van der Waals surface area contributed by atoms with Crippen molar-refractivity contribution >= 4 is 137 Å². The minimum absolute atomic E-state index is 0. The number of nitrogen functional groups attached to an aromatic ring is 2. The van der Waals surface area contributed by atoms with Gasteiger partial charge in [-0.1, -0.05) is 59.7 Å². The van der Waals surface area contributed by atoms with Gasteiger partial charge in [-0.05, 0) is 117 Å². The first-order valence-electron chi connectivity index (χ1n) is 22.2. The van der Waals surface area contributed by atoms with Gasteiger partial charge in [-0.3, -0.25) is 14.5 Å². The Morgan fingerprint density at radius 2 is 1.24 bits per heavy atom. The smallest absolute Gasteiger partial charge is 0.407 e. The van der Waals surface area contributed by atoms with E-state index in [1.807, 2.05) is 0 Å². The maximum absolute atomic E-state index is 14.6. The van der Waals surface area contributed by atoms with Crippen molar-refractivity contribution in [2.75, 3.05) is 28.3 Å². The molecule has 28 heteroatoms. The Labute approximate surface area is 456 Å². The average molecular weight is 1150 g/mol. The number of anilines is 4. The maximum atomic E-state index is 14.6. The van der Waals surface area contributed by atoms with Gasteiger partial charge in [0.25, 0.3) is 11.8 Å². The second kappa shape index (κ2) is 27.5. The fourth-order valence-corrected chi connectivity index (χ4v) is 6.22. The van der Waals surface area contributed by atoms with Crippen molar-refractivity contribution in [2.45, 2.75) is 44.8 Å². The zero-order chi connectivity index (χ0) is 61.9. The van der Waals surface area contributed by atoms with Crippen LogP contribution in [0.3, 0.4) is 0 Å². The number of hydrogen-bond acceptors (Lipinski definition) is 8. The predicted molar refractivity (Wildman–Crippen MR) is 278 cm³/mol. The van der Waals surface area contributed by atoms with Gasteiger partial charge in [0.2, 0.25) is 0 Å². The fraction of sp³-hybridized carbons (Fsp3) is 0.170. The number of nitrogens with one attached hydrogen (secondary N) is 1. The molecule has 0 unspecified atom stereocenters. The van der Waals surface area contributed by atoms with E-state index < -0.39 is 111 Å². The first-order chi connectivity index (χ1) is 36.8. The molecule has 75 heavy (non-hydrogen) atoms. The van der Waals surface area contributed by atoms with E-state index >= 15 is 0 Å². The quantitative estimate of drug-likeness (QED) is 0.0399. The number of nitrogens with zero attached hydrogens (tertiary/aromatic N) is 7. The highest BCUT2D eigenvalue weighted by Crippen LogP contribution is 2.41. The van der Waals surface area contributed by atoms with Gasteiger partial charge in [0.15, 0.2) is 31.6 Å². The predicted octanol–water partition coefficient (Wildman–Crippen LogP) is 14.6. The number of thiocarbonyl (C=S) groups is 3. The molecule has 6 rings (SSSR count). The molecule has 1 heterocycles. The normalized spacial score (nSPS) is 13.3. The standard InChI is InChI=1S/C21H19FN4O2S.C9H3F3N2S.2C8H5F3N2.CCl2S.H2O/c1-12-10-13(7-9-17(12)23-4)25-19(28)21(2,3)26(20(25)29)14-6-8-15(16(22)11-14)18(27)24-5;1-13-8-3-2-6(14-5-15)4-7(8)9(10,11)12;2*1-13-7-3-2-5(12)4-6(7)8(9,10)11;2-1(3)4;/h6-11H,1-3,5H3,(H,24,27);2-4H;2*2-4H,12H2;;1H2/i7D,10D;2*2D,4D;;;. The third-order valence-corrected chi connectivity index (χ3v) is 9.32. The number of benzene rings is 5. The van der Waals surface area contributed by atoms with Gasteiger partial charge >= 0.3 is 18.5 Å². The molecular formula is C47H34Cl2F10N10O3S3. The van der Waals surface area contributed by atoms with E-state index in [0.717, 1.165) is 23.1 Å². The van der Waals surface area contributed by atoms with Crippen LogP contribution in [0.5, 0.6) is 0 Å². The van der Waals surface area contributed by atoms with Crippen molar-refractivity contribution in [2.24, 2.45) is 4.99 Å². The Bertz CT molecular complexity index is 3540. The Hall–Kier alpha value is -7.78. The highest BCUT2D eigenvalue weighted by atomic mass is 35.5. The molecule has 392 valence electrons. The number of halogens is 12. The van der Waals surface area contributed by atoms with Crippen LogP contribution in [0, 0.1) is 39.0 Å². The molecule has 1 fully saturated rings. The summed E-state index contributed by atoms with van der Waals surface area (Å²) in [5.74, 6) is -1.86. The Morgan fingerprint density at radius 3 is 1.71 bits per heavy atom. The van der Waals surface area contributed by atoms with Gasteiger partial charge < -0.3 is 27.2 Å². The lowest BCUT2D eigenvalue weighted by molar-refractivity contribution is -0.137. The van der Waals surface area contributed by atoms with Crippen LogP contribution >= 0.6 is 59.9 Å². The maximum Gasteiger partial charge on any atom is 0.407 e. The molecule has 5 aromatic rings. The monoisotopic (exact) mass is 1150 g/mol. The molecule has 0 bridgehead atoms. The van der Waals surface area contributed by atoms with Crippen LogP contribution in [0.2, 0.25) is 0 Å². The van der Waals surface area contributed by atoms with E-state index in [1.54, 1.807) is 25.9 Å². The molecule has 13 nitrogen and oxygen atoms in total. The number of isothiocyanates is 1. The van der Waals surface area contributed by atoms with Crippen LogP contribution in [-0.4, -0.2) is 43.9 Å². The fourth-order valence-electron chi connectivity index (χ4n) is 5.62. The number of nitrogens with two attached hydrogens (primary N) is 2. The molecule has 0 aromatic heterocycles. The molecule has 1 aliphatic heterocycles. The molecular weight excluding hydrogens is 1110 g/mol. The largest absolute Gasteiger partial charge is 0.412 e. The van der Waals surface area contributed by atoms with Crippen LogP contribution < -0.4 is 26.6 Å². The van der Waals surface area contributed by atoms with Crippen molar-refractivity contribution < 1.29 is 67.2 Å². The minimum Gasteiger partial charge on any atom is -0.412 e. The Kier molecular flexibility index (Phi) is 20.2. The third kappa shape index (κ3) is 17.7. The summed E-state index contributed by atoms with van der Waals surface area (Å²) in [5.41, 5.74) is 2.72. The molecule has 5 aromatic carbocycles. The van der Waals surface area contributed by atoms with Crippen LogP contribution in [0.1, 0.15) is 54.7 Å². The molecule has 1 aliphatic rings. The van der Waals surface area contributed by atoms with Gasteiger partial charge in [0, 0.05) is 29.8 Å². The molecule has 0 radical (unpaired) electrons. The van der Waals surface area contributed by atoms with Gasteiger partial charge in [0.1, 0.15) is 11.4 Å². The van der Waals surface area contributed by atoms with E-state index in [-0.39, 0.29) is 54.8 Å². The summed E-state index contributed by atoms with van der Waals surface area (Å²) in [6.45, 7) is 31.7. The highest BCUT2D eigenvalue weighted by Gasteiger charge is 2.50. The second-order valence-corrected chi connectivity index (χ2v) is 16.4.